The van der Waals surface area contributed by atoms with Gasteiger partial charge in [0.25, 0.3) is 5.91 Å². The van der Waals surface area contributed by atoms with Crippen molar-refractivity contribution in [1.82, 2.24) is 15.0 Å². The van der Waals surface area contributed by atoms with Gasteiger partial charge in [0.05, 0.1) is 11.8 Å². The Balaban J connectivity index is 1.51. The molecular formula is C17H21N3O3. The molecule has 1 aliphatic rings. The van der Waals surface area contributed by atoms with E-state index in [9.17, 15) is 9.90 Å². The first-order valence-corrected chi connectivity index (χ1v) is 7.81. The third-order valence-electron chi connectivity index (χ3n) is 4.11. The van der Waals surface area contributed by atoms with Crippen molar-refractivity contribution in [3.63, 3.8) is 0 Å². The normalized spacial score (nSPS) is 17.2. The van der Waals surface area contributed by atoms with Crippen LogP contribution in [0.2, 0.25) is 0 Å². The molecule has 23 heavy (non-hydrogen) atoms. The zero-order valence-corrected chi connectivity index (χ0v) is 13.2. The Morgan fingerprint density at radius 3 is 2.57 bits per heavy atom. The summed E-state index contributed by atoms with van der Waals surface area (Å²) in [7, 11) is 0. The maximum atomic E-state index is 12.3. The summed E-state index contributed by atoms with van der Waals surface area (Å²) >= 11 is 0. The van der Waals surface area contributed by atoms with Gasteiger partial charge in [0.2, 0.25) is 5.76 Å². The number of hydrogen-bond donors (Lipinski definition) is 1. The number of rotatable bonds is 4. The maximum absolute atomic E-state index is 12.3. The third kappa shape index (κ3) is 3.78. The summed E-state index contributed by atoms with van der Waals surface area (Å²) in [6, 6.07) is 11.3. The van der Waals surface area contributed by atoms with Crippen LogP contribution in [0.25, 0.3) is 0 Å². The monoisotopic (exact) mass is 315 g/mol. The number of carbonyl (C=O) groups is 1. The fourth-order valence-electron chi connectivity index (χ4n) is 2.78. The van der Waals surface area contributed by atoms with E-state index in [0.717, 1.165) is 18.7 Å². The van der Waals surface area contributed by atoms with Gasteiger partial charge in [-0.25, -0.2) is 0 Å². The molecule has 1 aromatic heterocycles. The van der Waals surface area contributed by atoms with Gasteiger partial charge < -0.3 is 14.5 Å². The molecule has 0 radical (unpaired) electrons. The Morgan fingerprint density at radius 2 is 1.96 bits per heavy atom. The zero-order valence-electron chi connectivity index (χ0n) is 13.2. The van der Waals surface area contributed by atoms with E-state index in [-0.39, 0.29) is 5.91 Å². The van der Waals surface area contributed by atoms with Crippen LogP contribution in [0.3, 0.4) is 0 Å². The van der Waals surface area contributed by atoms with Gasteiger partial charge in [-0.2, -0.15) is 0 Å². The predicted molar refractivity (Wildman–Crippen MR) is 85.0 cm³/mol. The molecule has 1 amide bonds. The molecular weight excluding hydrogens is 294 g/mol. The number of aryl methyl sites for hydroxylation is 1. The van der Waals surface area contributed by atoms with Gasteiger partial charge in [0.15, 0.2) is 0 Å². The van der Waals surface area contributed by atoms with Crippen LogP contribution in [-0.4, -0.2) is 58.7 Å². The number of nitrogens with zero attached hydrogens (tertiary/aromatic N) is 3. The summed E-state index contributed by atoms with van der Waals surface area (Å²) in [6.07, 6.45) is -0.504. The van der Waals surface area contributed by atoms with E-state index < -0.39 is 6.10 Å². The van der Waals surface area contributed by atoms with Crippen LogP contribution in [0.1, 0.15) is 27.9 Å². The Kier molecular flexibility index (Phi) is 4.73. The Morgan fingerprint density at radius 1 is 1.26 bits per heavy atom. The first-order chi connectivity index (χ1) is 11.1. The topological polar surface area (TPSA) is 69.8 Å². The Bertz CT molecular complexity index is 648. The van der Waals surface area contributed by atoms with Gasteiger partial charge in [0, 0.05) is 38.8 Å². The molecule has 6 nitrogen and oxygen atoms in total. The lowest BCUT2D eigenvalue weighted by Gasteiger charge is -2.35. The highest BCUT2D eigenvalue weighted by molar-refractivity contribution is 5.91. The Labute approximate surface area is 135 Å². The van der Waals surface area contributed by atoms with E-state index >= 15 is 0 Å². The van der Waals surface area contributed by atoms with E-state index in [1.165, 1.54) is 0 Å². The molecule has 3 rings (SSSR count). The number of aliphatic hydroxyl groups is 1. The number of aromatic nitrogens is 1. The molecule has 0 unspecified atom stereocenters. The van der Waals surface area contributed by atoms with Crippen molar-refractivity contribution >= 4 is 5.91 Å². The van der Waals surface area contributed by atoms with Gasteiger partial charge in [-0.15, -0.1) is 0 Å². The first kappa shape index (κ1) is 15.7. The van der Waals surface area contributed by atoms with Gasteiger partial charge in [-0.05, 0) is 12.5 Å². The van der Waals surface area contributed by atoms with Crippen LogP contribution in [0.15, 0.2) is 40.9 Å². The van der Waals surface area contributed by atoms with Crippen molar-refractivity contribution in [2.75, 3.05) is 32.7 Å². The molecule has 1 aromatic carbocycles. The maximum Gasteiger partial charge on any atom is 0.292 e. The van der Waals surface area contributed by atoms with E-state index in [4.69, 9.17) is 4.52 Å². The summed E-state index contributed by atoms with van der Waals surface area (Å²) in [6.45, 7) is 5.10. The lowest BCUT2D eigenvalue weighted by molar-refractivity contribution is 0.0496. The lowest BCUT2D eigenvalue weighted by atomic mass is 10.1. The van der Waals surface area contributed by atoms with Crippen LogP contribution in [0.4, 0.5) is 0 Å². The minimum absolute atomic E-state index is 0.117. The van der Waals surface area contributed by atoms with Crippen LogP contribution in [-0.2, 0) is 0 Å². The fourth-order valence-corrected chi connectivity index (χ4v) is 2.78. The molecule has 1 saturated heterocycles. The molecule has 2 heterocycles. The van der Waals surface area contributed by atoms with E-state index in [1.54, 1.807) is 17.9 Å². The average molecular weight is 315 g/mol. The van der Waals surface area contributed by atoms with Crippen molar-refractivity contribution in [2.24, 2.45) is 0 Å². The molecule has 0 bridgehead atoms. The molecule has 6 heteroatoms. The van der Waals surface area contributed by atoms with Crippen molar-refractivity contribution in [3.05, 3.63) is 53.4 Å². The SMILES string of the molecule is Cc1cc(C(=O)N2CCN(C[C@H](O)c3ccccc3)CC2)on1. The van der Waals surface area contributed by atoms with Gasteiger partial charge >= 0.3 is 0 Å². The molecule has 0 saturated carbocycles. The smallest absolute Gasteiger partial charge is 0.292 e. The number of benzene rings is 1. The van der Waals surface area contributed by atoms with Crippen molar-refractivity contribution in [3.8, 4) is 0 Å². The lowest BCUT2D eigenvalue weighted by Crippen LogP contribution is -2.49. The number of piperazine rings is 1. The largest absolute Gasteiger partial charge is 0.387 e. The molecule has 1 fully saturated rings. The number of hydrogen-bond acceptors (Lipinski definition) is 5. The third-order valence-corrected chi connectivity index (χ3v) is 4.11. The van der Waals surface area contributed by atoms with Crippen LogP contribution >= 0.6 is 0 Å². The number of β-amino-alcohol motifs (C(OH)–C–C–N with tert-alkyl or cyclic N) is 1. The summed E-state index contributed by atoms with van der Waals surface area (Å²) in [5, 5.41) is 14.0. The standard InChI is InChI=1S/C17H21N3O3/c1-13-11-16(23-18-13)17(22)20-9-7-19(8-10-20)12-15(21)14-5-3-2-4-6-14/h2-6,11,15,21H,7-10,12H2,1H3/t15-/m0/s1. The molecule has 1 atom stereocenters. The second-order valence-corrected chi connectivity index (χ2v) is 5.85. The minimum Gasteiger partial charge on any atom is -0.387 e. The fraction of sp³-hybridized carbons (Fsp3) is 0.412. The van der Waals surface area contributed by atoms with Crippen molar-refractivity contribution < 1.29 is 14.4 Å². The zero-order chi connectivity index (χ0) is 16.2. The van der Waals surface area contributed by atoms with Gasteiger partial charge in [0.1, 0.15) is 0 Å². The molecule has 122 valence electrons. The van der Waals surface area contributed by atoms with E-state index in [1.807, 2.05) is 30.3 Å². The van der Waals surface area contributed by atoms with Crippen LogP contribution in [0.5, 0.6) is 0 Å². The summed E-state index contributed by atoms with van der Waals surface area (Å²) in [5.41, 5.74) is 1.63. The minimum atomic E-state index is -0.504. The Hall–Kier alpha value is -2.18. The van der Waals surface area contributed by atoms with Crippen LogP contribution in [0, 0.1) is 6.92 Å². The summed E-state index contributed by atoms with van der Waals surface area (Å²) in [4.78, 5) is 16.2. The highest BCUT2D eigenvalue weighted by Crippen LogP contribution is 2.16. The van der Waals surface area contributed by atoms with E-state index in [2.05, 4.69) is 10.1 Å². The van der Waals surface area contributed by atoms with Gasteiger partial charge in [-0.3, -0.25) is 9.69 Å². The molecule has 1 N–H and O–H groups in total. The number of aliphatic hydroxyl groups excluding tert-OH is 1. The number of amides is 1. The molecule has 0 aliphatic carbocycles. The van der Waals surface area contributed by atoms with Crippen molar-refractivity contribution in [1.29, 1.82) is 0 Å². The molecule has 0 spiro atoms. The summed E-state index contributed by atoms with van der Waals surface area (Å²) in [5.74, 6) is 0.175. The van der Waals surface area contributed by atoms with E-state index in [0.29, 0.717) is 31.1 Å². The van der Waals surface area contributed by atoms with Gasteiger partial charge in [-0.1, -0.05) is 35.5 Å². The summed E-state index contributed by atoms with van der Waals surface area (Å²) < 4.78 is 5.03. The predicted octanol–water partition coefficient (Wildman–Crippen LogP) is 1.47. The first-order valence-electron chi connectivity index (χ1n) is 7.81. The molecule has 1 aliphatic heterocycles. The number of carbonyl (C=O) groups excluding carboxylic acids is 1. The highest BCUT2D eigenvalue weighted by Gasteiger charge is 2.25. The van der Waals surface area contributed by atoms with Crippen molar-refractivity contribution in [2.45, 2.75) is 13.0 Å². The average Bonchev–Trinajstić information content (AvgIpc) is 3.02. The second-order valence-electron chi connectivity index (χ2n) is 5.85. The highest BCUT2D eigenvalue weighted by atomic mass is 16.5. The van der Waals surface area contributed by atoms with Crippen LogP contribution < -0.4 is 0 Å². The quantitative estimate of drug-likeness (QED) is 0.925. The molecule has 2 aromatic rings. The second kappa shape index (κ2) is 6.93.